The fourth-order valence-electron chi connectivity index (χ4n) is 1.85. The van der Waals surface area contributed by atoms with E-state index < -0.39 is 12.0 Å². The van der Waals surface area contributed by atoms with Crippen LogP contribution in [0.15, 0.2) is 0 Å². The molecule has 2 amide bonds. The minimum atomic E-state index is -0.639. The van der Waals surface area contributed by atoms with Gasteiger partial charge in [0.25, 0.3) is 0 Å². The number of piperidine rings is 1. The Kier molecular flexibility index (Phi) is 5.12. The quantitative estimate of drug-likeness (QED) is 0.684. The van der Waals surface area contributed by atoms with Crippen LogP contribution in [0, 0.1) is 11.8 Å². The number of nitrogens with one attached hydrogen (secondary N) is 2. The van der Waals surface area contributed by atoms with E-state index in [9.17, 15) is 14.4 Å². The number of carbonyl (C=O) groups is 3. The lowest BCUT2D eigenvalue weighted by atomic mass is 9.96. The summed E-state index contributed by atoms with van der Waals surface area (Å²) in [7, 11) is 1.30. The second-order valence-corrected chi connectivity index (χ2v) is 4.79. The predicted octanol–water partition coefficient (Wildman–Crippen LogP) is -0.174. The summed E-state index contributed by atoms with van der Waals surface area (Å²) in [6.07, 6.45) is 0.867. The third kappa shape index (κ3) is 3.72. The molecule has 1 aliphatic heterocycles. The summed E-state index contributed by atoms with van der Waals surface area (Å²) in [6, 6.07) is -0.639. The van der Waals surface area contributed by atoms with Crippen LogP contribution in [0.1, 0.15) is 26.7 Å². The van der Waals surface area contributed by atoms with Gasteiger partial charge < -0.3 is 15.4 Å². The average molecular weight is 256 g/mol. The summed E-state index contributed by atoms with van der Waals surface area (Å²) in [5.41, 5.74) is 0. The first kappa shape index (κ1) is 14.5. The lowest BCUT2D eigenvalue weighted by Crippen LogP contribution is -2.50. The van der Waals surface area contributed by atoms with Crippen molar-refractivity contribution in [2.45, 2.75) is 32.7 Å². The van der Waals surface area contributed by atoms with Crippen molar-refractivity contribution in [1.82, 2.24) is 10.6 Å². The first-order valence-electron chi connectivity index (χ1n) is 6.10. The molecule has 0 spiro atoms. The van der Waals surface area contributed by atoms with E-state index in [-0.39, 0.29) is 23.7 Å². The van der Waals surface area contributed by atoms with Crippen molar-refractivity contribution in [3.63, 3.8) is 0 Å². The highest BCUT2D eigenvalue weighted by Crippen LogP contribution is 2.12. The van der Waals surface area contributed by atoms with Gasteiger partial charge in [0.15, 0.2) is 0 Å². The summed E-state index contributed by atoms with van der Waals surface area (Å²) in [5, 5.41) is 5.33. The zero-order chi connectivity index (χ0) is 13.7. The van der Waals surface area contributed by atoms with Gasteiger partial charge in [-0.05, 0) is 12.3 Å². The molecular formula is C12H20N2O4. The van der Waals surface area contributed by atoms with Gasteiger partial charge in [-0.15, -0.1) is 0 Å². The van der Waals surface area contributed by atoms with E-state index in [1.807, 2.05) is 13.8 Å². The molecule has 1 saturated heterocycles. The maximum absolute atomic E-state index is 12.0. The van der Waals surface area contributed by atoms with Crippen molar-refractivity contribution in [2.75, 3.05) is 13.7 Å². The van der Waals surface area contributed by atoms with E-state index in [0.29, 0.717) is 19.4 Å². The monoisotopic (exact) mass is 256 g/mol. The summed E-state index contributed by atoms with van der Waals surface area (Å²) in [4.78, 5) is 34.5. The first-order chi connectivity index (χ1) is 8.45. The van der Waals surface area contributed by atoms with Gasteiger partial charge >= 0.3 is 5.97 Å². The molecule has 0 aromatic carbocycles. The van der Waals surface area contributed by atoms with Crippen molar-refractivity contribution in [3.8, 4) is 0 Å². The summed E-state index contributed by atoms with van der Waals surface area (Å²) < 4.78 is 4.66. The van der Waals surface area contributed by atoms with Gasteiger partial charge in [0.2, 0.25) is 11.8 Å². The van der Waals surface area contributed by atoms with Crippen LogP contribution in [0.4, 0.5) is 0 Å². The normalized spacial score (nSPS) is 21.1. The Labute approximate surface area is 106 Å². The first-order valence-corrected chi connectivity index (χ1v) is 6.10. The molecule has 0 radical (unpaired) electrons. The molecule has 102 valence electrons. The number of ether oxygens (including phenoxy) is 1. The van der Waals surface area contributed by atoms with Crippen LogP contribution in [-0.2, 0) is 19.1 Å². The van der Waals surface area contributed by atoms with Crippen molar-refractivity contribution in [2.24, 2.45) is 11.8 Å². The molecule has 0 bridgehead atoms. The molecule has 6 nitrogen and oxygen atoms in total. The molecule has 2 unspecified atom stereocenters. The molecule has 1 heterocycles. The molecule has 0 aromatic rings. The maximum Gasteiger partial charge on any atom is 0.328 e. The second-order valence-electron chi connectivity index (χ2n) is 4.79. The van der Waals surface area contributed by atoms with Gasteiger partial charge in [-0.25, -0.2) is 4.79 Å². The standard InChI is InChI=1S/C12H20N2O4/c1-7(2)10(12(17)18-3)14-11(16)8-4-5-9(15)13-6-8/h7-8,10H,4-6H2,1-3H3,(H,13,15)(H,14,16). The molecular weight excluding hydrogens is 236 g/mol. The smallest absolute Gasteiger partial charge is 0.328 e. The lowest BCUT2D eigenvalue weighted by molar-refractivity contribution is -0.147. The lowest BCUT2D eigenvalue weighted by Gasteiger charge is -2.25. The van der Waals surface area contributed by atoms with Gasteiger partial charge in [0.1, 0.15) is 6.04 Å². The molecule has 0 aromatic heterocycles. The van der Waals surface area contributed by atoms with Crippen LogP contribution in [0.2, 0.25) is 0 Å². The minimum absolute atomic E-state index is 0.0348. The largest absolute Gasteiger partial charge is 0.467 e. The fourth-order valence-corrected chi connectivity index (χ4v) is 1.85. The topological polar surface area (TPSA) is 84.5 Å². The Morgan fingerprint density at radius 2 is 2.11 bits per heavy atom. The molecule has 2 N–H and O–H groups in total. The molecule has 1 rings (SSSR count). The van der Waals surface area contributed by atoms with Gasteiger partial charge in [0, 0.05) is 13.0 Å². The van der Waals surface area contributed by atoms with Gasteiger partial charge in [0.05, 0.1) is 13.0 Å². The number of esters is 1. The highest BCUT2D eigenvalue weighted by Gasteiger charge is 2.30. The van der Waals surface area contributed by atoms with Gasteiger partial charge in [-0.3, -0.25) is 9.59 Å². The van der Waals surface area contributed by atoms with Crippen LogP contribution in [0.3, 0.4) is 0 Å². The zero-order valence-electron chi connectivity index (χ0n) is 11.0. The van der Waals surface area contributed by atoms with Gasteiger partial charge in [-0.2, -0.15) is 0 Å². The SMILES string of the molecule is COC(=O)C(NC(=O)C1CCC(=O)NC1)C(C)C. The van der Waals surface area contributed by atoms with Crippen LogP contribution >= 0.6 is 0 Å². The number of hydrogen-bond acceptors (Lipinski definition) is 4. The van der Waals surface area contributed by atoms with Crippen LogP contribution in [0.5, 0.6) is 0 Å². The number of methoxy groups -OCH3 is 1. The number of hydrogen-bond donors (Lipinski definition) is 2. The average Bonchev–Trinajstić information content (AvgIpc) is 2.35. The van der Waals surface area contributed by atoms with Crippen molar-refractivity contribution in [3.05, 3.63) is 0 Å². The zero-order valence-corrected chi connectivity index (χ0v) is 11.0. The molecule has 1 fully saturated rings. The van der Waals surface area contributed by atoms with Crippen LogP contribution < -0.4 is 10.6 Å². The maximum atomic E-state index is 12.0. The van der Waals surface area contributed by atoms with Crippen LogP contribution in [-0.4, -0.2) is 37.5 Å². The summed E-state index contributed by atoms with van der Waals surface area (Å²) in [5.74, 6) is -1.00. The number of carbonyl (C=O) groups excluding carboxylic acids is 3. The molecule has 6 heteroatoms. The van der Waals surface area contributed by atoms with E-state index in [1.54, 1.807) is 0 Å². The third-order valence-electron chi connectivity index (χ3n) is 3.06. The Morgan fingerprint density at radius 3 is 2.56 bits per heavy atom. The molecule has 2 atom stereocenters. The van der Waals surface area contributed by atoms with E-state index in [0.717, 1.165) is 0 Å². The minimum Gasteiger partial charge on any atom is -0.467 e. The molecule has 1 aliphatic rings. The number of amides is 2. The second kappa shape index (κ2) is 6.37. The molecule has 18 heavy (non-hydrogen) atoms. The number of rotatable bonds is 4. The van der Waals surface area contributed by atoms with Crippen LogP contribution in [0.25, 0.3) is 0 Å². The van der Waals surface area contributed by atoms with E-state index in [1.165, 1.54) is 7.11 Å². The summed E-state index contributed by atoms with van der Waals surface area (Å²) >= 11 is 0. The van der Waals surface area contributed by atoms with Crippen molar-refractivity contribution < 1.29 is 19.1 Å². The predicted molar refractivity (Wildman–Crippen MR) is 64.5 cm³/mol. The highest BCUT2D eigenvalue weighted by atomic mass is 16.5. The van der Waals surface area contributed by atoms with Crippen molar-refractivity contribution in [1.29, 1.82) is 0 Å². The fraction of sp³-hybridized carbons (Fsp3) is 0.750. The van der Waals surface area contributed by atoms with E-state index in [4.69, 9.17) is 0 Å². The molecule has 0 aliphatic carbocycles. The highest BCUT2D eigenvalue weighted by molar-refractivity contribution is 5.87. The summed E-state index contributed by atoms with van der Waals surface area (Å²) in [6.45, 7) is 4.01. The Balaban J connectivity index is 2.56. The molecule has 0 saturated carbocycles. The van der Waals surface area contributed by atoms with Gasteiger partial charge in [-0.1, -0.05) is 13.8 Å². The Hall–Kier alpha value is -1.59. The van der Waals surface area contributed by atoms with E-state index >= 15 is 0 Å². The third-order valence-corrected chi connectivity index (χ3v) is 3.06. The Bertz CT molecular complexity index is 331. The van der Waals surface area contributed by atoms with Crippen molar-refractivity contribution >= 4 is 17.8 Å². The Morgan fingerprint density at radius 1 is 1.44 bits per heavy atom. The van der Waals surface area contributed by atoms with E-state index in [2.05, 4.69) is 15.4 Å².